The highest BCUT2D eigenvalue weighted by Gasteiger charge is 2.16. The van der Waals surface area contributed by atoms with E-state index in [1.54, 1.807) is 12.1 Å². The van der Waals surface area contributed by atoms with Crippen molar-refractivity contribution in [1.29, 1.82) is 0 Å². The van der Waals surface area contributed by atoms with E-state index in [0.717, 1.165) is 0 Å². The standard InChI is InChI=1S/C15H16ClNOS/c1-3-17(10-12-7-5-4-6-11(12)2)15(18)13-8-9-14(16)19-13/h4-9H,3,10H2,1-2H3. The normalized spacial score (nSPS) is 10.5. The Balaban J connectivity index is 2.17. The molecule has 0 radical (unpaired) electrons. The zero-order valence-corrected chi connectivity index (χ0v) is 12.6. The van der Waals surface area contributed by atoms with E-state index in [-0.39, 0.29) is 5.91 Å². The molecule has 0 N–H and O–H groups in total. The second-order valence-corrected chi connectivity index (χ2v) is 6.06. The Morgan fingerprint density at radius 3 is 2.58 bits per heavy atom. The third-order valence-corrected chi connectivity index (χ3v) is 4.29. The fourth-order valence-corrected chi connectivity index (χ4v) is 2.92. The summed E-state index contributed by atoms with van der Waals surface area (Å²) < 4.78 is 0.648. The maximum atomic E-state index is 12.4. The summed E-state index contributed by atoms with van der Waals surface area (Å²) >= 11 is 7.21. The second-order valence-electron chi connectivity index (χ2n) is 4.35. The molecule has 0 saturated carbocycles. The van der Waals surface area contributed by atoms with Crippen molar-refractivity contribution < 1.29 is 4.79 Å². The van der Waals surface area contributed by atoms with Crippen molar-refractivity contribution in [2.75, 3.05) is 6.54 Å². The number of amides is 1. The summed E-state index contributed by atoms with van der Waals surface area (Å²) in [4.78, 5) is 14.9. The lowest BCUT2D eigenvalue weighted by Crippen LogP contribution is -2.29. The molecule has 0 saturated heterocycles. The molecule has 2 aromatic rings. The number of halogens is 1. The van der Waals surface area contributed by atoms with Crippen LogP contribution in [-0.2, 0) is 6.54 Å². The van der Waals surface area contributed by atoms with Crippen LogP contribution in [0.25, 0.3) is 0 Å². The summed E-state index contributed by atoms with van der Waals surface area (Å²) in [5, 5.41) is 0. The SMILES string of the molecule is CCN(Cc1ccccc1C)C(=O)c1ccc(Cl)s1. The van der Waals surface area contributed by atoms with Gasteiger partial charge in [-0.15, -0.1) is 11.3 Å². The molecule has 2 nitrogen and oxygen atoms in total. The van der Waals surface area contributed by atoms with Crippen LogP contribution in [-0.4, -0.2) is 17.4 Å². The minimum atomic E-state index is 0.0441. The first-order chi connectivity index (χ1) is 9.11. The van der Waals surface area contributed by atoms with Crippen molar-refractivity contribution >= 4 is 28.8 Å². The van der Waals surface area contributed by atoms with Gasteiger partial charge in [-0.1, -0.05) is 35.9 Å². The number of hydrogen-bond acceptors (Lipinski definition) is 2. The lowest BCUT2D eigenvalue weighted by atomic mass is 10.1. The molecule has 0 bridgehead atoms. The molecule has 2 rings (SSSR count). The molecule has 0 aliphatic heterocycles. The van der Waals surface area contributed by atoms with Crippen molar-refractivity contribution in [3.05, 3.63) is 56.7 Å². The summed E-state index contributed by atoms with van der Waals surface area (Å²) in [6.07, 6.45) is 0. The third-order valence-electron chi connectivity index (χ3n) is 3.08. The van der Waals surface area contributed by atoms with Crippen molar-refractivity contribution in [3.63, 3.8) is 0 Å². The molecule has 0 spiro atoms. The summed E-state index contributed by atoms with van der Waals surface area (Å²) in [5.74, 6) is 0.0441. The first-order valence-electron chi connectivity index (χ1n) is 6.21. The summed E-state index contributed by atoms with van der Waals surface area (Å²) in [6, 6.07) is 11.7. The predicted octanol–water partition coefficient (Wildman–Crippen LogP) is 4.37. The van der Waals surface area contributed by atoms with E-state index in [1.807, 2.05) is 24.0 Å². The van der Waals surface area contributed by atoms with E-state index in [9.17, 15) is 4.79 Å². The van der Waals surface area contributed by atoms with E-state index in [0.29, 0.717) is 22.3 Å². The van der Waals surface area contributed by atoms with Gasteiger partial charge < -0.3 is 4.90 Å². The molecule has 0 atom stereocenters. The molecule has 1 aromatic carbocycles. The van der Waals surface area contributed by atoms with Crippen LogP contribution in [0.15, 0.2) is 36.4 Å². The molecule has 1 amide bonds. The van der Waals surface area contributed by atoms with E-state index >= 15 is 0 Å². The Morgan fingerprint density at radius 1 is 1.26 bits per heavy atom. The van der Waals surface area contributed by atoms with Gasteiger partial charge in [0.25, 0.3) is 5.91 Å². The molecule has 0 aliphatic carbocycles. The zero-order chi connectivity index (χ0) is 13.8. The number of nitrogens with zero attached hydrogens (tertiary/aromatic N) is 1. The quantitative estimate of drug-likeness (QED) is 0.819. The average molecular weight is 294 g/mol. The van der Waals surface area contributed by atoms with Crippen LogP contribution in [0.4, 0.5) is 0 Å². The highest BCUT2D eigenvalue weighted by atomic mass is 35.5. The Labute approximate surface area is 122 Å². The Bertz CT molecular complexity index is 579. The van der Waals surface area contributed by atoms with Gasteiger partial charge in [0.15, 0.2) is 0 Å². The fraction of sp³-hybridized carbons (Fsp3) is 0.267. The monoisotopic (exact) mass is 293 g/mol. The number of carbonyl (C=O) groups excluding carboxylic acids is 1. The van der Waals surface area contributed by atoms with Gasteiger partial charge in [0, 0.05) is 13.1 Å². The molecule has 4 heteroatoms. The van der Waals surface area contributed by atoms with Crippen LogP contribution in [0, 0.1) is 6.92 Å². The molecular weight excluding hydrogens is 278 g/mol. The number of aryl methyl sites for hydroxylation is 1. The van der Waals surface area contributed by atoms with Gasteiger partial charge >= 0.3 is 0 Å². The minimum absolute atomic E-state index is 0.0441. The van der Waals surface area contributed by atoms with Crippen LogP contribution >= 0.6 is 22.9 Å². The number of rotatable bonds is 4. The lowest BCUT2D eigenvalue weighted by Gasteiger charge is -2.21. The van der Waals surface area contributed by atoms with Gasteiger partial charge in [0.1, 0.15) is 0 Å². The maximum Gasteiger partial charge on any atom is 0.264 e. The van der Waals surface area contributed by atoms with Crippen LogP contribution in [0.2, 0.25) is 4.34 Å². The van der Waals surface area contributed by atoms with Gasteiger partial charge in [-0.3, -0.25) is 4.79 Å². The van der Waals surface area contributed by atoms with E-state index < -0.39 is 0 Å². The fourth-order valence-electron chi connectivity index (χ4n) is 1.91. The number of thiophene rings is 1. The average Bonchev–Trinajstić information content (AvgIpc) is 2.84. The lowest BCUT2D eigenvalue weighted by molar-refractivity contribution is 0.0757. The number of benzene rings is 1. The van der Waals surface area contributed by atoms with Crippen molar-refractivity contribution in [1.82, 2.24) is 4.90 Å². The van der Waals surface area contributed by atoms with Gasteiger partial charge in [0.05, 0.1) is 9.21 Å². The molecule has 0 fully saturated rings. The molecule has 100 valence electrons. The van der Waals surface area contributed by atoms with E-state index in [1.165, 1.54) is 22.5 Å². The minimum Gasteiger partial charge on any atom is -0.334 e. The van der Waals surface area contributed by atoms with Crippen molar-refractivity contribution in [2.45, 2.75) is 20.4 Å². The Kier molecular flexibility index (Phi) is 4.61. The predicted molar refractivity (Wildman–Crippen MR) is 80.9 cm³/mol. The Morgan fingerprint density at radius 2 is 2.00 bits per heavy atom. The molecule has 0 unspecified atom stereocenters. The number of carbonyl (C=O) groups is 1. The van der Waals surface area contributed by atoms with Gasteiger partial charge in [-0.05, 0) is 37.1 Å². The number of hydrogen-bond donors (Lipinski definition) is 0. The topological polar surface area (TPSA) is 20.3 Å². The van der Waals surface area contributed by atoms with Crippen molar-refractivity contribution in [2.24, 2.45) is 0 Å². The smallest absolute Gasteiger partial charge is 0.264 e. The molecule has 1 heterocycles. The van der Waals surface area contributed by atoms with Crippen LogP contribution in [0.5, 0.6) is 0 Å². The first-order valence-corrected chi connectivity index (χ1v) is 7.40. The summed E-state index contributed by atoms with van der Waals surface area (Å²) in [5.41, 5.74) is 2.39. The molecule has 19 heavy (non-hydrogen) atoms. The van der Waals surface area contributed by atoms with Crippen LogP contribution in [0.3, 0.4) is 0 Å². The van der Waals surface area contributed by atoms with Gasteiger partial charge in [0.2, 0.25) is 0 Å². The highest BCUT2D eigenvalue weighted by molar-refractivity contribution is 7.17. The van der Waals surface area contributed by atoms with Crippen LogP contribution < -0.4 is 0 Å². The summed E-state index contributed by atoms with van der Waals surface area (Å²) in [7, 11) is 0. The third kappa shape index (κ3) is 3.37. The van der Waals surface area contributed by atoms with Gasteiger partial charge in [-0.2, -0.15) is 0 Å². The largest absolute Gasteiger partial charge is 0.334 e. The highest BCUT2D eigenvalue weighted by Crippen LogP contribution is 2.23. The molecular formula is C15H16ClNOS. The second kappa shape index (κ2) is 6.22. The van der Waals surface area contributed by atoms with Crippen molar-refractivity contribution in [3.8, 4) is 0 Å². The molecule has 1 aromatic heterocycles. The zero-order valence-electron chi connectivity index (χ0n) is 11.0. The van der Waals surface area contributed by atoms with E-state index in [4.69, 9.17) is 11.6 Å². The molecule has 0 aliphatic rings. The Hall–Kier alpha value is -1.32. The van der Waals surface area contributed by atoms with Crippen LogP contribution in [0.1, 0.15) is 27.7 Å². The maximum absolute atomic E-state index is 12.4. The van der Waals surface area contributed by atoms with E-state index in [2.05, 4.69) is 19.1 Å². The van der Waals surface area contributed by atoms with Gasteiger partial charge in [-0.25, -0.2) is 0 Å². The summed E-state index contributed by atoms with van der Waals surface area (Å²) in [6.45, 7) is 5.38. The first kappa shape index (κ1) is 14.1.